The van der Waals surface area contributed by atoms with Gasteiger partial charge in [0.05, 0.1) is 7.11 Å². The topological polar surface area (TPSA) is 39.2 Å². The summed E-state index contributed by atoms with van der Waals surface area (Å²) in [5.41, 5.74) is 7.96. The van der Waals surface area contributed by atoms with Gasteiger partial charge < -0.3 is 24.5 Å². The van der Waals surface area contributed by atoms with E-state index in [-0.39, 0.29) is 0 Å². The zero-order valence-electron chi connectivity index (χ0n) is 21.9. The van der Waals surface area contributed by atoms with Gasteiger partial charge in [-0.25, -0.2) is 0 Å². The molecule has 0 saturated carbocycles. The van der Waals surface area contributed by atoms with Crippen molar-refractivity contribution in [2.45, 2.75) is 38.6 Å². The number of hydrogen-bond donors (Lipinski definition) is 1. The molecule has 3 aromatic rings. The van der Waals surface area contributed by atoms with Gasteiger partial charge in [0.25, 0.3) is 0 Å². The second-order valence-electron chi connectivity index (χ2n) is 10.3. The molecule has 1 atom stereocenters. The molecule has 0 radical (unpaired) electrons. The number of phenols is 1. The highest BCUT2D eigenvalue weighted by molar-refractivity contribution is 5.60. The summed E-state index contributed by atoms with van der Waals surface area (Å²) >= 11 is 0. The lowest BCUT2D eigenvalue weighted by Gasteiger charge is -2.34. The van der Waals surface area contributed by atoms with Gasteiger partial charge in [0, 0.05) is 56.7 Å². The van der Waals surface area contributed by atoms with Crippen molar-refractivity contribution in [2.24, 2.45) is 0 Å². The van der Waals surface area contributed by atoms with E-state index in [9.17, 15) is 5.11 Å². The highest BCUT2D eigenvalue weighted by atomic mass is 16.5. The van der Waals surface area contributed by atoms with Crippen LogP contribution in [0.5, 0.6) is 11.5 Å². The Morgan fingerprint density at radius 1 is 0.944 bits per heavy atom. The standard InChI is InChI=1S/C31H39N3O2/c1-4-33(22-23-5-10-27(11-6-23)34-17-15-32(2)16-18-34)31-21-29(36-3)13-14-30(31)26-8-7-25-20-28(35)12-9-24(25)19-26/h5-6,9-14,20-21,26,35H,4,7-8,15-19,22H2,1-3H3. The molecule has 1 saturated heterocycles. The van der Waals surface area contributed by atoms with Crippen LogP contribution in [-0.2, 0) is 19.4 Å². The number of ether oxygens (including phenoxy) is 1. The maximum Gasteiger partial charge on any atom is 0.120 e. The first kappa shape index (κ1) is 24.5. The Labute approximate surface area is 215 Å². The van der Waals surface area contributed by atoms with Crippen LogP contribution in [-0.4, -0.2) is 56.9 Å². The molecular weight excluding hydrogens is 446 g/mol. The zero-order chi connectivity index (χ0) is 25.1. The number of aryl methyl sites for hydroxylation is 1. The summed E-state index contributed by atoms with van der Waals surface area (Å²) in [4.78, 5) is 7.36. The van der Waals surface area contributed by atoms with Crippen LogP contribution < -0.4 is 14.5 Å². The summed E-state index contributed by atoms with van der Waals surface area (Å²) in [6, 6.07) is 21.6. The van der Waals surface area contributed by atoms with Gasteiger partial charge in [-0.15, -0.1) is 0 Å². The summed E-state index contributed by atoms with van der Waals surface area (Å²) < 4.78 is 5.64. The van der Waals surface area contributed by atoms with Crippen molar-refractivity contribution in [1.29, 1.82) is 0 Å². The minimum absolute atomic E-state index is 0.369. The van der Waals surface area contributed by atoms with Crippen LogP contribution in [0, 0.1) is 0 Å². The predicted octanol–water partition coefficient (Wildman–Crippen LogP) is 5.45. The van der Waals surface area contributed by atoms with Crippen LogP contribution in [0.3, 0.4) is 0 Å². The number of methoxy groups -OCH3 is 1. The summed E-state index contributed by atoms with van der Waals surface area (Å²) in [5, 5.41) is 9.89. The van der Waals surface area contributed by atoms with E-state index in [2.05, 4.69) is 77.2 Å². The van der Waals surface area contributed by atoms with E-state index < -0.39 is 0 Å². The first-order valence-corrected chi connectivity index (χ1v) is 13.3. The average molecular weight is 486 g/mol. The normalized spacial score (nSPS) is 18.1. The lowest BCUT2D eigenvalue weighted by atomic mass is 9.79. The zero-order valence-corrected chi connectivity index (χ0v) is 21.9. The largest absolute Gasteiger partial charge is 0.508 e. The molecular formula is C31H39N3O2. The van der Waals surface area contributed by atoms with Crippen molar-refractivity contribution in [2.75, 3.05) is 56.7 Å². The van der Waals surface area contributed by atoms with Gasteiger partial charge in [-0.3, -0.25) is 0 Å². The lowest BCUT2D eigenvalue weighted by molar-refractivity contribution is 0.313. The number of nitrogens with zero attached hydrogens (tertiary/aromatic N) is 3. The third-order valence-corrected chi connectivity index (χ3v) is 8.00. The Kier molecular flexibility index (Phi) is 7.38. The number of likely N-dealkylation sites (N-methyl/N-ethyl adjacent to an activating group) is 1. The lowest BCUT2D eigenvalue weighted by Crippen LogP contribution is -2.44. The number of aromatic hydroxyl groups is 1. The third kappa shape index (κ3) is 5.31. The van der Waals surface area contributed by atoms with Crippen molar-refractivity contribution < 1.29 is 9.84 Å². The molecule has 1 heterocycles. The Morgan fingerprint density at radius 2 is 1.72 bits per heavy atom. The molecule has 1 unspecified atom stereocenters. The minimum atomic E-state index is 0.369. The third-order valence-electron chi connectivity index (χ3n) is 8.00. The number of phenolic OH excluding ortho intramolecular Hbond substituents is 1. The second-order valence-corrected chi connectivity index (χ2v) is 10.3. The highest BCUT2D eigenvalue weighted by Crippen LogP contribution is 2.40. The van der Waals surface area contributed by atoms with E-state index in [1.54, 1.807) is 7.11 Å². The molecule has 5 nitrogen and oxygen atoms in total. The van der Waals surface area contributed by atoms with E-state index in [0.717, 1.165) is 64.3 Å². The van der Waals surface area contributed by atoms with Crippen molar-refractivity contribution in [3.8, 4) is 11.5 Å². The summed E-state index contributed by atoms with van der Waals surface area (Å²) in [6.07, 6.45) is 3.10. The van der Waals surface area contributed by atoms with Crippen molar-refractivity contribution in [3.63, 3.8) is 0 Å². The molecule has 1 aliphatic carbocycles. The molecule has 3 aromatic carbocycles. The van der Waals surface area contributed by atoms with Crippen LogP contribution in [0.25, 0.3) is 0 Å². The highest BCUT2D eigenvalue weighted by Gasteiger charge is 2.25. The fourth-order valence-corrected chi connectivity index (χ4v) is 5.74. The first-order chi connectivity index (χ1) is 17.5. The van der Waals surface area contributed by atoms with Crippen LogP contribution in [0.1, 0.15) is 41.5 Å². The maximum atomic E-state index is 9.89. The smallest absolute Gasteiger partial charge is 0.120 e. The van der Waals surface area contributed by atoms with Gasteiger partial charge in [-0.2, -0.15) is 0 Å². The maximum absolute atomic E-state index is 9.89. The molecule has 36 heavy (non-hydrogen) atoms. The van der Waals surface area contributed by atoms with E-state index in [0.29, 0.717) is 11.7 Å². The van der Waals surface area contributed by atoms with E-state index >= 15 is 0 Å². The van der Waals surface area contributed by atoms with Crippen LogP contribution in [0.4, 0.5) is 11.4 Å². The summed E-state index contributed by atoms with van der Waals surface area (Å²) in [5.74, 6) is 1.73. The average Bonchev–Trinajstić information content (AvgIpc) is 2.92. The van der Waals surface area contributed by atoms with Gasteiger partial charge >= 0.3 is 0 Å². The van der Waals surface area contributed by atoms with Crippen molar-refractivity contribution in [3.05, 3.63) is 82.9 Å². The molecule has 0 aromatic heterocycles. The SMILES string of the molecule is CCN(Cc1ccc(N2CCN(C)CC2)cc1)c1cc(OC)ccc1C1CCc2cc(O)ccc2C1. The Balaban J connectivity index is 1.37. The molecule has 5 rings (SSSR count). The molecule has 2 aliphatic rings. The van der Waals surface area contributed by atoms with Gasteiger partial charge in [-0.05, 0) is 91.7 Å². The fourth-order valence-electron chi connectivity index (χ4n) is 5.74. The molecule has 1 fully saturated rings. The van der Waals surface area contributed by atoms with Gasteiger partial charge in [-0.1, -0.05) is 24.3 Å². The van der Waals surface area contributed by atoms with Gasteiger partial charge in [0.2, 0.25) is 0 Å². The number of piperazine rings is 1. The molecule has 1 aliphatic heterocycles. The Bertz CT molecular complexity index is 1170. The van der Waals surface area contributed by atoms with E-state index in [1.165, 1.54) is 33.6 Å². The summed E-state index contributed by atoms with van der Waals surface area (Å²) in [6.45, 7) is 8.46. The van der Waals surface area contributed by atoms with Gasteiger partial charge in [0.15, 0.2) is 0 Å². The summed E-state index contributed by atoms with van der Waals surface area (Å²) in [7, 11) is 3.94. The number of rotatable bonds is 7. The van der Waals surface area contributed by atoms with Crippen LogP contribution in [0.2, 0.25) is 0 Å². The number of benzene rings is 3. The Hall–Kier alpha value is -3.18. The van der Waals surface area contributed by atoms with Crippen LogP contribution >= 0.6 is 0 Å². The number of hydrogen-bond acceptors (Lipinski definition) is 5. The monoisotopic (exact) mass is 485 g/mol. The fraction of sp³-hybridized carbons (Fsp3) is 0.419. The number of anilines is 2. The van der Waals surface area contributed by atoms with E-state index in [4.69, 9.17) is 4.74 Å². The Morgan fingerprint density at radius 3 is 2.44 bits per heavy atom. The van der Waals surface area contributed by atoms with Crippen molar-refractivity contribution >= 4 is 11.4 Å². The molecule has 190 valence electrons. The molecule has 1 N–H and O–H groups in total. The quantitative estimate of drug-likeness (QED) is 0.482. The van der Waals surface area contributed by atoms with Crippen LogP contribution in [0.15, 0.2) is 60.7 Å². The molecule has 0 spiro atoms. The number of fused-ring (bicyclic) bond motifs is 1. The van der Waals surface area contributed by atoms with Gasteiger partial charge in [0.1, 0.15) is 11.5 Å². The molecule has 5 heteroatoms. The van der Waals surface area contributed by atoms with Crippen molar-refractivity contribution in [1.82, 2.24) is 4.90 Å². The first-order valence-electron chi connectivity index (χ1n) is 13.3. The minimum Gasteiger partial charge on any atom is -0.508 e. The second kappa shape index (κ2) is 10.8. The predicted molar refractivity (Wildman–Crippen MR) is 149 cm³/mol. The molecule has 0 amide bonds. The molecule has 0 bridgehead atoms. The van der Waals surface area contributed by atoms with E-state index in [1.807, 2.05) is 12.1 Å².